The van der Waals surface area contributed by atoms with Crippen LogP contribution in [0.4, 0.5) is 4.39 Å². The van der Waals surface area contributed by atoms with Crippen molar-refractivity contribution in [3.05, 3.63) is 108 Å². The molecule has 4 nitrogen and oxygen atoms in total. The summed E-state index contributed by atoms with van der Waals surface area (Å²) >= 11 is 0. The maximum Gasteiger partial charge on any atom is 0.336 e. The van der Waals surface area contributed by atoms with Crippen molar-refractivity contribution in [2.24, 2.45) is 0 Å². The average molecular weight is 398 g/mol. The molecule has 148 valence electrons. The topological polar surface area (TPSA) is 44.1 Å². The van der Waals surface area contributed by atoms with Crippen LogP contribution in [0, 0.1) is 12.7 Å². The summed E-state index contributed by atoms with van der Waals surface area (Å²) in [5.74, 6) is -0.328. The molecular formula is C25H19FN2O2. The fourth-order valence-corrected chi connectivity index (χ4v) is 2.97. The van der Waals surface area contributed by atoms with E-state index in [0.717, 1.165) is 16.8 Å². The molecule has 1 heterocycles. The van der Waals surface area contributed by atoms with E-state index in [9.17, 15) is 9.18 Å². The van der Waals surface area contributed by atoms with Crippen molar-refractivity contribution in [3.8, 4) is 22.7 Å². The molecular weight excluding hydrogens is 379 g/mol. The number of aryl methyl sites for hydroxylation is 1. The van der Waals surface area contributed by atoms with E-state index in [1.165, 1.54) is 18.2 Å². The van der Waals surface area contributed by atoms with E-state index in [-0.39, 0.29) is 5.82 Å². The van der Waals surface area contributed by atoms with Gasteiger partial charge in [0, 0.05) is 23.4 Å². The minimum absolute atomic E-state index is 0.319. The highest BCUT2D eigenvalue weighted by Gasteiger charge is 2.11. The molecule has 0 saturated carbocycles. The Kier molecular flexibility index (Phi) is 5.52. The molecule has 0 atom stereocenters. The Morgan fingerprint density at radius 2 is 1.67 bits per heavy atom. The second kappa shape index (κ2) is 8.57. The maximum atomic E-state index is 13.4. The number of ether oxygens (including phenoxy) is 1. The third-order valence-electron chi connectivity index (χ3n) is 4.52. The van der Waals surface area contributed by atoms with Gasteiger partial charge in [-0.25, -0.2) is 13.9 Å². The molecule has 0 spiro atoms. The van der Waals surface area contributed by atoms with Crippen LogP contribution in [0.1, 0.15) is 11.1 Å². The number of nitrogens with zero attached hydrogens (tertiary/aromatic N) is 2. The fraction of sp³-hybridized carbons (Fsp3) is 0.0400. The summed E-state index contributed by atoms with van der Waals surface area (Å²) in [5, 5.41) is 4.64. The van der Waals surface area contributed by atoms with Gasteiger partial charge in [0.2, 0.25) is 0 Å². The summed E-state index contributed by atoms with van der Waals surface area (Å²) in [6.07, 6.45) is 4.84. The normalized spacial score (nSPS) is 11.0. The van der Waals surface area contributed by atoms with Crippen LogP contribution in [0.15, 0.2) is 91.1 Å². The van der Waals surface area contributed by atoms with Crippen LogP contribution in [0.3, 0.4) is 0 Å². The molecule has 5 heteroatoms. The van der Waals surface area contributed by atoms with Crippen molar-refractivity contribution in [2.75, 3.05) is 0 Å². The van der Waals surface area contributed by atoms with E-state index in [1.54, 1.807) is 35.0 Å². The smallest absolute Gasteiger partial charge is 0.336 e. The van der Waals surface area contributed by atoms with Crippen molar-refractivity contribution < 1.29 is 13.9 Å². The van der Waals surface area contributed by atoms with Gasteiger partial charge in [-0.15, -0.1) is 0 Å². The third-order valence-corrected chi connectivity index (χ3v) is 4.52. The Morgan fingerprint density at radius 1 is 0.967 bits per heavy atom. The average Bonchev–Trinajstić information content (AvgIpc) is 3.19. The van der Waals surface area contributed by atoms with Gasteiger partial charge in [-0.1, -0.05) is 35.9 Å². The van der Waals surface area contributed by atoms with Crippen LogP contribution in [0.25, 0.3) is 23.0 Å². The first-order chi connectivity index (χ1) is 14.6. The van der Waals surface area contributed by atoms with Crippen molar-refractivity contribution in [1.29, 1.82) is 0 Å². The van der Waals surface area contributed by atoms with Gasteiger partial charge in [-0.05, 0) is 61.5 Å². The van der Waals surface area contributed by atoms with Gasteiger partial charge in [0.05, 0.1) is 11.4 Å². The molecule has 0 unspecified atom stereocenters. The number of rotatable bonds is 5. The molecule has 0 aliphatic heterocycles. The van der Waals surface area contributed by atoms with E-state index in [0.29, 0.717) is 17.0 Å². The van der Waals surface area contributed by atoms with E-state index in [1.807, 2.05) is 55.6 Å². The van der Waals surface area contributed by atoms with Crippen LogP contribution in [0.2, 0.25) is 0 Å². The zero-order chi connectivity index (χ0) is 20.9. The minimum atomic E-state index is -0.489. The number of hydrogen-bond acceptors (Lipinski definition) is 3. The fourth-order valence-electron chi connectivity index (χ4n) is 2.97. The minimum Gasteiger partial charge on any atom is -0.423 e. The number of esters is 1. The summed E-state index contributed by atoms with van der Waals surface area (Å²) in [4.78, 5) is 12.3. The van der Waals surface area contributed by atoms with E-state index >= 15 is 0 Å². The molecule has 0 N–H and O–H groups in total. The summed E-state index contributed by atoms with van der Waals surface area (Å²) in [7, 11) is 0. The molecule has 0 saturated heterocycles. The SMILES string of the molecule is Cc1ccc(OC(=O)/C=C/c2cn(-c3ccccc3)nc2-c2ccc(F)cc2)cc1. The van der Waals surface area contributed by atoms with Gasteiger partial charge in [0.15, 0.2) is 0 Å². The van der Waals surface area contributed by atoms with Crippen molar-refractivity contribution in [2.45, 2.75) is 6.92 Å². The standard InChI is InChI=1S/C25H19FN2O2/c1-18-7-14-23(15-8-18)30-24(29)16-11-20-17-28(22-5-3-2-4-6-22)27-25(20)19-9-12-21(26)13-10-19/h2-17H,1H3/b16-11+. The molecule has 0 fully saturated rings. The molecule has 0 amide bonds. The number of hydrogen-bond donors (Lipinski definition) is 0. The van der Waals surface area contributed by atoms with Gasteiger partial charge in [-0.2, -0.15) is 5.10 Å². The van der Waals surface area contributed by atoms with Crippen molar-refractivity contribution in [1.82, 2.24) is 9.78 Å². The van der Waals surface area contributed by atoms with Crippen LogP contribution in [-0.2, 0) is 4.79 Å². The van der Waals surface area contributed by atoms with Gasteiger partial charge >= 0.3 is 5.97 Å². The molecule has 4 aromatic rings. The number of benzene rings is 3. The second-order valence-corrected chi connectivity index (χ2v) is 6.79. The summed E-state index contributed by atoms with van der Waals surface area (Å²) < 4.78 is 20.4. The first-order valence-electron chi connectivity index (χ1n) is 9.46. The van der Waals surface area contributed by atoms with Gasteiger partial charge in [0.1, 0.15) is 11.6 Å². The lowest BCUT2D eigenvalue weighted by Gasteiger charge is -2.01. The maximum absolute atomic E-state index is 13.4. The molecule has 0 aliphatic carbocycles. The highest BCUT2D eigenvalue weighted by Crippen LogP contribution is 2.25. The first-order valence-corrected chi connectivity index (χ1v) is 9.46. The second-order valence-electron chi connectivity index (χ2n) is 6.79. The number of aromatic nitrogens is 2. The largest absolute Gasteiger partial charge is 0.423 e. The summed E-state index contributed by atoms with van der Waals surface area (Å²) in [6, 6.07) is 23.0. The first kappa shape index (κ1) is 19.3. The molecule has 0 aliphatic rings. The molecule has 4 rings (SSSR count). The number of halogens is 1. The number of para-hydroxylation sites is 1. The van der Waals surface area contributed by atoms with Crippen LogP contribution in [0.5, 0.6) is 5.75 Å². The highest BCUT2D eigenvalue weighted by atomic mass is 19.1. The van der Waals surface area contributed by atoms with Crippen molar-refractivity contribution >= 4 is 12.0 Å². The Labute approximate surface area is 173 Å². The monoisotopic (exact) mass is 398 g/mol. The van der Waals surface area contributed by atoms with Crippen LogP contribution < -0.4 is 4.74 Å². The predicted octanol–water partition coefficient (Wildman–Crippen LogP) is 5.61. The Bertz CT molecular complexity index is 1180. The van der Waals surface area contributed by atoms with Gasteiger partial charge in [-0.3, -0.25) is 0 Å². The van der Waals surface area contributed by atoms with E-state index < -0.39 is 5.97 Å². The molecule has 1 aromatic heterocycles. The van der Waals surface area contributed by atoms with Crippen molar-refractivity contribution in [3.63, 3.8) is 0 Å². The molecule has 3 aromatic carbocycles. The lowest BCUT2D eigenvalue weighted by Crippen LogP contribution is -2.03. The highest BCUT2D eigenvalue weighted by molar-refractivity contribution is 5.90. The van der Waals surface area contributed by atoms with Gasteiger partial charge in [0.25, 0.3) is 0 Å². The zero-order valence-corrected chi connectivity index (χ0v) is 16.3. The third kappa shape index (κ3) is 4.52. The molecule has 0 radical (unpaired) electrons. The van der Waals surface area contributed by atoms with E-state index in [2.05, 4.69) is 5.10 Å². The van der Waals surface area contributed by atoms with Crippen LogP contribution >= 0.6 is 0 Å². The lowest BCUT2D eigenvalue weighted by molar-refractivity contribution is -0.128. The lowest BCUT2D eigenvalue weighted by atomic mass is 10.1. The predicted molar refractivity (Wildman–Crippen MR) is 115 cm³/mol. The van der Waals surface area contributed by atoms with E-state index in [4.69, 9.17) is 4.74 Å². The van der Waals surface area contributed by atoms with Crippen LogP contribution in [-0.4, -0.2) is 15.7 Å². The molecule has 0 bridgehead atoms. The Hall–Kier alpha value is -3.99. The molecule has 30 heavy (non-hydrogen) atoms. The quantitative estimate of drug-likeness (QED) is 0.249. The number of carbonyl (C=O) groups excluding carboxylic acids is 1. The summed E-state index contributed by atoms with van der Waals surface area (Å²) in [5.41, 5.74) is 4.06. The van der Waals surface area contributed by atoms with Gasteiger partial charge < -0.3 is 4.74 Å². The zero-order valence-electron chi connectivity index (χ0n) is 16.3. The summed E-state index contributed by atoms with van der Waals surface area (Å²) in [6.45, 7) is 1.97. The number of carbonyl (C=O) groups is 1. The Balaban J connectivity index is 1.64. The Morgan fingerprint density at radius 3 is 2.37 bits per heavy atom.